The van der Waals surface area contributed by atoms with Crippen LogP contribution in [0.15, 0.2) is 17.1 Å². The number of halogens is 2. The SMILES string of the molecule is NC1=NC(O)c2cc(F)c(F)cc21. The van der Waals surface area contributed by atoms with Gasteiger partial charge >= 0.3 is 0 Å². The van der Waals surface area contributed by atoms with Crippen LogP contribution >= 0.6 is 0 Å². The lowest BCUT2D eigenvalue weighted by molar-refractivity contribution is 0.192. The third kappa shape index (κ3) is 1.08. The molecule has 68 valence electrons. The van der Waals surface area contributed by atoms with E-state index in [4.69, 9.17) is 5.73 Å². The van der Waals surface area contributed by atoms with Crippen LogP contribution in [0.1, 0.15) is 17.4 Å². The van der Waals surface area contributed by atoms with E-state index in [-0.39, 0.29) is 17.0 Å². The van der Waals surface area contributed by atoms with Gasteiger partial charge in [0.2, 0.25) is 0 Å². The number of amidine groups is 1. The first-order chi connectivity index (χ1) is 6.09. The molecule has 0 bridgehead atoms. The molecular formula is C8H6F2N2O. The number of fused-ring (bicyclic) bond motifs is 1. The average Bonchev–Trinajstić information content (AvgIpc) is 2.31. The van der Waals surface area contributed by atoms with Gasteiger partial charge in [0, 0.05) is 11.1 Å². The summed E-state index contributed by atoms with van der Waals surface area (Å²) >= 11 is 0. The Hall–Kier alpha value is -1.49. The van der Waals surface area contributed by atoms with Gasteiger partial charge in [0.1, 0.15) is 5.84 Å². The van der Waals surface area contributed by atoms with Crippen LogP contribution in [0.4, 0.5) is 8.78 Å². The third-order valence-electron chi connectivity index (χ3n) is 1.91. The second kappa shape index (κ2) is 2.50. The van der Waals surface area contributed by atoms with Crippen molar-refractivity contribution < 1.29 is 13.9 Å². The minimum atomic E-state index is -1.18. The summed E-state index contributed by atoms with van der Waals surface area (Å²) < 4.78 is 25.4. The quantitative estimate of drug-likeness (QED) is 0.622. The molecule has 1 aliphatic heterocycles. The van der Waals surface area contributed by atoms with E-state index in [1.807, 2.05) is 0 Å². The summed E-state index contributed by atoms with van der Waals surface area (Å²) in [6.07, 6.45) is -1.18. The van der Waals surface area contributed by atoms with Crippen LogP contribution in [0.3, 0.4) is 0 Å². The summed E-state index contributed by atoms with van der Waals surface area (Å²) in [5.41, 5.74) is 5.82. The predicted octanol–water partition coefficient (Wildman–Crippen LogP) is 0.675. The van der Waals surface area contributed by atoms with Crippen LogP contribution in [-0.2, 0) is 0 Å². The molecule has 0 fully saturated rings. The Balaban J connectivity index is 2.65. The molecule has 0 saturated carbocycles. The molecule has 1 atom stereocenters. The van der Waals surface area contributed by atoms with Gasteiger partial charge in [-0.25, -0.2) is 13.8 Å². The number of nitrogens with two attached hydrogens (primary N) is 1. The summed E-state index contributed by atoms with van der Waals surface area (Å²) in [5, 5.41) is 9.21. The van der Waals surface area contributed by atoms with Gasteiger partial charge < -0.3 is 10.8 Å². The highest BCUT2D eigenvalue weighted by Gasteiger charge is 2.23. The zero-order valence-electron chi connectivity index (χ0n) is 6.46. The van der Waals surface area contributed by atoms with Crippen molar-refractivity contribution in [1.82, 2.24) is 0 Å². The molecule has 1 aromatic carbocycles. The number of aliphatic imine (C=N–C) groups is 1. The maximum absolute atomic E-state index is 12.7. The second-order valence-corrected chi connectivity index (χ2v) is 2.74. The number of aliphatic hydroxyl groups is 1. The number of hydrogen-bond donors (Lipinski definition) is 2. The lowest BCUT2D eigenvalue weighted by Crippen LogP contribution is -2.11. The molecule has 2 rings (SSSR count). The van der Waals surface area contributed by atoms with Crippen LogP contribution in [0, 0.1) is 11.6 Å². The molecule has 3 N–H and O–H groups in total. The summed E-state index contributed by atoms with van der Waals surface area (Å²) in [4.78, 5) is 3.56. The standard InChI is InChI=1S/C8H6F2N2O/c9-5-1-3-4(2-6(5)10)8(13)12-7(3)11/h1-2,8,13H,(H2,11,12). The Morgan fingerprint density at radius 2 is 1.92 bits per heavy atom. The maximum Gasteiger partial charge on any atom is 0.174 e. The Morgan fingerprint density at radius 1 is 1.31 bits per heavy atom. The molecule has 0 saturated heterocycles. The van der Waals surface area contributed by atoms with Crippen LogP contribution in [0.25, 0.3) is 0 Å². The normalized spacial score (nSPS) is 19.9. The summed E-state index contributed by atoms with van der Waals surface area (Å²) in [7, 11) is 0. The smallest absolute Gasteiger partial charge is 0.174 e. The number of rotatable bonds is 0. The van der Waals surface area contributed by atoms with Gasteiger partial charge in [-0.2, -0.15) is 0 Å². The molecule has 1 aromatic rings. The van der Waals surface area contributed by atoms with Gasteiger partial charge in [-0.1, -0.05) is 0 Å². The molecule has 0 aliphatic carbocycles. The van der Waals surface area contributed by atoms with E-state index in [2.05, 4.69) is 4.99 Å². The van der Waals surface area contributed by atoms with E-state index >= 15 is 0 Å². The van der Waals surface area contributed by atoms with Crippen molar-refractivity contribution in [1.29, 1.82) is 0 Å². The molecular weight excluding hydrogens is 178 g/mol. The fourth-order valence-corrected chi connectivity index (χ4v) is 1.27. The van der Waals surface area contributed by atoms with Gasteiger partial charge in [-0.15, -0.1) is 0 Å². The van der Waals surface area contributed by atoms with E-state index < -0.39 is 17.9 Å². The molecule has 1 aliphatic rings. The van der Waals surface area contributed by atoms with Gasteiger partial charge in [-0.3, -0.25) is 0 Å². The van der Waals surface area contributed by atoms with Crippen LogP contribution in [-0.4, -0.2) is 10.9 Å². The average molecular weight is 184 g/mol. The molecule has 0 radical (unpaired) electrons. The molecule has 1 heterocycles. The number of benzene rings is 1. The molecule has 0 spiro atoms. The Kier molecular flexibility index (Phi) is 1.56. The first-order valence-electron chi connectivity index (χ1n) is 3.60. The Morgan fingerprint density at radius 3 is 2.62 bits per heavy atom. The van der Waals surface area contributed by atoms with Crippen LogP contribution in [0.2, 0.25) is 0 Å². The zero-order valence-corrected chi connectivity index (χ0v) is 6.46. The van der Waals surface area contributed by atoms with Crippen molar-refractivity contribution >= 4 is 5.84 Å². The molecule has 1 unspecified atom stereocenters. The summed E-state index contributed by atoms with van der Waals surface area (Å²) in [6, 6.07) is 1.83. The molecule has 5 heteroatoms. The predicted molar refractivity (Wildman–Crippen MR) is 42.0 cm³/mol. The van der Waals surface area contributed by atoms with Crippen molar-refractivity contribution in [3.63, 3.8) is 0 Å². The highest BCUT2D eigenvalue weighted by Crippen LogP contribution is 2.27. The van der Waals surface area contributed by atoms with Gasteiger partial charge in [0.25, 0.3) is 0 Å². The highest BCUT2D eigenvalue weighted by atomic mass is 19.2. The third-order valence-corrected chi connectivity index (χ3v) is 1.91. The summed E-state index contributed by atoms with van der Waals surface area (Å²) in [6.45, 7) is 0. The van der Waals surface area contributed by atoms with Crippen molar-refractivity contribution in [2.75, 3.05) is 0 Å². The van der Waals surface area contributed by atoms with Crippen molar-refractivity contribution in [3.8, 4) is 0 Å². The van der Waals surface area contributed by atoms with Gasteiger partial charge in [-0.05, 0) is 12.1 Å². The van der Waals surface area contributed by atoms with E-state index in [0.29, 0.717) is 0 Å². The minimum Gasteiger partial charge on any atom is -0.383 e. The van der Waals surface area contributed by atoms with Crippen molar-refractivity contribution in [3.05, 3.63) is 34.9 Å². The number of hydrogen-bond acceptors (Lipinski definition) is 3. The van der Waals surface area contributed by atoms with Crippen LogP contribution < -0.4 is 5.73 Å². The fourth-order valence-electron chi connectivity index (χ4n) is 1.27. The highest BCUT2D eigenvalue weighted by molar-refractivity contribution is 6.01. The van der Waals surface area contributed by atoms with E-state index in [9.17, 15) is 13.9 Å². The monoisotopic (exact) mass is 184 g/mol. The van der Waals surface area contributed by atoms with Crippen molar-refractivity contribution in [2.45, 2.75) is 6.23 Å². The van der Waals surface area contributed by atoms with E-state index in [1.165, 1.54) is 0 Å². The van der Waals surface area contributed by atoms with E-state index in [1.54, 1.807) is 0 Å². The largest absolute Gasteiger partial charge is 0.383 e. The second-order valence-electron chi connectivity index (χ2n) is 2.74. The number of aliphatic hydroxyl groups excluding tert-OH is 1. The minimum absolute atomic E-state index is 0.0291. The fraction of sp³-hybridized carbons (Fsp3) is 0.125. The lowest BCUT2D eigenvalue weighted by atomic mass is 10.1. The Labute approximate surface area is 72.5 Å². The topological polar surface area (TPSA) is 58.6 Å². The van der Waals surface area contributed by atoms with E-state index in [0.717, 1.165) is 12.1 Å². The molecule has 0 aromatic heterocycles. The molecule has 0 amide bonds. The first kappa shape index (κ1) is 8.12. The molecule has 13 heavy (non-hydrogen) atoms. The van der Waals surface area contributed by atoms with Gasteiger partial charge in [0.05, 0.1) is 0 Å². The first-order valence-corrected chi connectivity index (χ1v) is 3.60. The van der Waals surface area contributed by atoms with Gasteiger partial charge in [0.15, 0.2) is 17.9 Å². The summed E-state index contributed by atoms with van der Waals surface area (Å²) in [5.74, 6) is -1.98. The molecule has 3 nitrogen and oxygen atoms in total. The lowest BCUT2D eigenvalue weighted by Gasteiger charge is -2.02. The van der Waals surface area contributed by atoms with Crippen molar-refractivity contribution in [2.24, 2.45) is 10.7 Å². The zero-order chi connectivity index (χ0) is 9.59. The number of nitrogens with zero attached hydrogens (tertiary/aromatic N) is 1. The Bertz CT molecular complexity index is 403. The van der Waals surface area contributed by atoms with Crippen LogP contribution in [0.5, 0.6) is 0 Å². The maximum atomic E-state index is 12.7.